The zero-order chi connectivity index (χ0) is 27.6. The molecule has 4 heterocycles. The number of nitrogen functional groups attached to an aromatic ring is 1. The number of carbonyl (C=O) groups is 1. The Hall–Kier alpha value is -2.61. The summed E-state index contributed by atoms with van der Waals surface area (Å²) in [6, 6.07) is 8.37. The Morgan fingerprint density at radius 3 is 2.56 bits per heavy atom. The van der Waals surface area contributed by atoms with Gasteiger partial charge in [-0.1, -0.05) is 23.7 Å². The average molecular weight is 572 g/mol. The largest absolute Gasteiger partial charge is 0.490 e. The highest BCUT2D eigenvalue weighted by molar-refractivity contribution is 6.30. The highest BCUT2D eigenvalue weighted by atomic mass is 35.5. The van der Waals surface area contributed by atoms with Crippen molar-refractivity contribution in [2.75, 3.05) is 56.5 Å². The molecule has 3 saturated heterocycles. The number of aromatic nitrogens is 3. The zero-order valence-electron chi connectivity index (χ0n) is 21.4. The van der Waals surface area contributed by atoms with Gasteiger partial charge in [0, 0.05) is 56.4 Å². The van der Waals surface area contributed by atoms with E-state index < -0.39 is 18.2 Å². The number of ether oxygens (including phenoxy) is 2. The summed E-state index contributed by atoms with van der Waals surface area (Å²) < 4.78 is 48.7. The molecule has 0 aliphatic carbocycles. The molecule has 1 aromatic carbocycles. The second-order valence-corrected chi connectivity index (χ2v) is 10.9. The Bertz CT molecular complexity index is 1110. The van der Waals surface area contributed by atoms with Crippen molar-refractivity contribution in [1.29, 1.82) is 0 Å². The van der Waals surface area contributed by atoms with Crippen LogP contribution in [0.3, 0.4) is 0 Å². The summed E-state index contributed by atoms with van der Waals surface area (Å²) in [5.74, 6) is -1.22. The molecule has 3 N–H and O–H groups in total. The first kappa shape index (κ1) is 27.9. The molecule has 3 fully saturated rings. The average Bonchev–Trinajstić information content (AvgIpc) is 3.54. The number of likely N-dealkylation sites (tertiary alicyclic amines) is 1. The number of H-pyrrole nitrogens is 1. The molecule has 0 saturated carbocycles. The van der Waals surface area contributed by atoms with E-state index in [0.29, 0.717) is 55.6 Å². The van der Waals surface area contributed by atoms with Gasteiger partial charge in [0.2, 0.25) is 11.9 Å². The number of hydrogen-bond donors (Lipinski definition) is 2. The number of piperidine rings is 1. The van der Waals surface area contributed by atoms with Crippen LogP contribution in [0.2, 0.25) is 5.02 Å². The molecule has 0 spiro atoms. The van der Waals surface area contributed by atoms with Crippen molar-refractivity contribution in [3.63, 3.8) is 0 Å². The van der Waals surface area contributed by atoms with Crippen LogP contribution in [-0.4, -0.2) is 107 Å². The van der Waals surface area contributed by atoms with Crippen LogP contribution in [0.5, 0.6) is 0 Å². The number of alkyl halides is 3. The van der Waals surface area contributed by atoms with E-state index in [0.717, 1.165) is 32.4 Å². The van der Waals surface area contributed by atoms with Gasteiger partial charge in [-0.3, -0.25) is 9.80 Å². The van der Waals surface area contributed by atoms with Gasteiger partial charge in [0.1, 0.15) is 6.10 Å². The molecule has 1 aromatic heterocycles. The molecule has 214 valence electrons. The highest BCUT2D eigenvalue weighted by Crippen LogP contribution is 2.28. The Kier molecular flexibility index (Phi) is 8.50. The van der Waals surface area contributed by atoms with Crippen LogP contribution < -0.4 is 10.6 Å². The lowest BCUT2D eigenvalue weighted by Crippen LogP contribution is -2.58. The van der Waals surface area contributed by atoms with Gasteiger partial charge in [-0.25, -0.2) is 9.89 Å². The number of rotatable bonds is 7. The second-order valence-electron chi connectivity index (χ2n) is 10.4. The fourth-order valence-corrected chi connectivity index (χ4v) is 5.90. The lowest BCUT2D eigenvalue weighted by atomic mass is 9.96. The van der Waals surface area contributed by atoms with E-state index in [1.54, 1.807) is 0 Å². The van der Waals surface area contributed by atoms with Crippen molar-refractivity contribution in [1.82, 2.24) is 25.0 Å². The number of esters is 1. The van der Waals surface area contributed by atoms with Gasteiger partial charge in [0.15, 0.2) is 0 Å². The summed E-state index contributed by atoms with van der Waals surface area (Å²) in [5, 5.41) is 7.57. The van der Waals surface area contributed by atoms with Crippen molar-refractivity contribution in [3.05, 3.63) is 34.9 Å². The molecule has 3 aliphatic heterocycles. The third kappa shape index (κ3) is 7.13. The first-order chi connectivity index (χ1) is 18.6. The van der Waals surface area contributed by atoms with Gasteiger partial charge in [-0.05, 0) is 43.4 Å². The van der Waals surface area contributed by atoms with Crippen LogP contribution in [0.1, 0.15) is 24.8 Å². The number of carbonyl (C=O) groups excluding carboxylic acids is 1. The fraction of sp³-hybridized carbons (Fsp3) is 0.640. The maximum atomic E-state index is 12.6. The summed E-state index contributed by atoms with van der Waals surface area (Å²) >= 11 is 6.08. The molecule has 0 amide bonds. The first-order valence-electron chi connectivity index (χ1n) is 13.2. The van der Waals surface area contributed by atoms with Crippen molar-refractivity contribution in [2.24, 2.45) is 0 Å². The molecule has 5 rings (SSSR count). The Morgan fingerprint density at radius 2 is 1.90 bits per heavy atom. The highest BCUT2D eigenvalue weighted by Gasteiger charge is 2.43. The van der Waals surface area contributed by atoms with E-state index in [1.807, 2.05) is 29.2 Å². The predicted molar refractivity (Wildman–Crippen MR) is 138 cm³/mol. The summed E-state index contributed by atoms with van der Waals surface area (Å²) in [6.07, 6.45) is -2.79. The SMILES string of the molecule is Nc1nc(N2CCC(N3C[C@H](CN4CC[C@@H](OC(=O)C(F)(F)F)C4)OC[C@@H]3Cc3ccc(Cl)cc3)CC2)n[nH]1. The van der Waals surface area contributed by atoms with Crippen LogP contribution in [0.25, 0.3) is 0 Å². The second kappa shape index (κ2) is 11.9. The summed E-state index contributed by atoms with van der Waals surface area (Å²) in [7, 11) is 0. The van der Waals surface area contributed by atoms with E-state index in [1.165, 1.54) is 5.56 Å². The lowest BCUT2D eigenvalue weighted by molar-refractivity contribution is -0.204. The Balaban J connectivity index is 1.20. The van der Waals surface area contributed by atoms with Gasteiger partial charge >= 0.3 is 12.1 Å². The predicted octanol–water partition coefficient (Wildman–Crippen LogP) is 2.50. The topological polar surface area (TPSA) is 113 Å². The minimum Gasteiger partial charge on any atom is -0.454 e. The molecule has 0 radical (unpaired) electrons. The summed E-state index contributed by atoms with van der Waals surface area (Å²) in [6.45, 7) is 4.26. The number of anilines is 2. The molecule has 39 heavy (non-hydrogen) atoms. The molecule has 3 atom stereocenters. The van der Waals surface area contributed by atoms with E-state index in [4.69, 9.17) is 22.1 Å². The number of benzene rings is 1. The van der Waals surface area contributed by atoms with Crippen molar-refractivity contribution >= 4 is 29.5 Å². The quantitative estimate of drug-likeness (QED) is 0.484. The normalized spacial score (nSPS) is 25.7. The lowest BCUT2D eigenvalue weighted by Gasteiger charge is -2.47. The van der Waals surface area contributed by atoms with Gasteiger partial charge < -0.3 is 20.1 Å². The number of hydrogen-bond acceptors (Lipinski definition) is 9. The number of halogens is 4. The number of aromatic amines is 1. The van der Waals surface area contributed by atoms with Crippen molar-refractivity contribution in [3.8, 4) is 0 Å². The monoisotopic (exact) mass is 571 g/mol. The molecule has 3 aliphatic rings. The summed E-state index contributed by atoms with van der Waals surface area (Å²) in [5.41, 5.74) is 6.88. The maximum absolute atomic E-state index is 12.6. The molecular weight excluding hydrogens is 539 g/mol. The number of nitrogens with zero attached hydrogens (tertiary/aromatic N) is 5. The van der Waals surface area contributed by atoms with Crippen LogP contribution in [0, 0.1) is 0 Å². The minimum absolute atomic E-state index is 0.102. The smallest absolute Gasteiger partial charge is 0.454 e. The number of morpholine rings is 1. The summed E-state index contributed by atoms with van der Waals surface area (Å²) in [4.78, 5) is 22.2. The van der Waals surface area contributed by atoms with Crippen LogP contribution in [0.15, 0.2) is 24.3 Å². The van der Waals surface area contributed by atoms with E-state index in [2.05, 4.69) is 29.7 Å². The third-order valence-corrected chi connectivity index (χ3v) is 7.95. The van der Waals surface area contributed by atoms with Gasteiger partial charge in [-0.15, -0.1) is 5.10 Å². The Labute approximate surface area is 229 Å². The maximum Gasteiger partial charge on any atom is 0.490 e. The van der Waals surface area contributed by atoms with Crippen LogP contribution >= 0.6 is 11.6 Å². The molecule has 10 nitrogen and oxygen atoms in total. The van der Waals surface area contributed by atoms with Gasteiger partial charge in [0.05, 0.1) is 12.7 Å². The van der Waals surface area contributed by atoms with E-state index in [-0.39, 0.29) is 18.7 Å². The van der Waals surface area contributed by atoms with E-state index in [9.17, 15) is 18.0 Å². The molecular formula is C25H33ClF3N7O3. The van der Waals surface area contributed by atoms with Crippen LogP contribution in [0.4, 0.5) is 25.1 Å². The molecule has 0 bridgehead atoms. The Morgan fingerprint density at radius 1 is 1.15 bits per heavy atom. The molecule has 2 aromatic rings. The zero-order valence-corrected chi connectivity index (χ0v) is 22.2. The van der Waals surface area contributed by atoms with Crippen molar-refractivity contribution < 1.29 is 27.4 Å². The fourth-order valence-electron chi connectivity index (χ4n) is 5.78. The number of nitrogens with one attached hydrogen (secondary N) is 1. The molecule has 14 heteroatoms. The van der Waals surface area contributed by atoms with E-state index >= 15 is 0 Å². The third-order valence-electron chi connectivity index (χ3n) is 7.70. The first-order valence-corrected chi connectivity index (χ1v) is 13.6. The van der Waals surface area contributed by atoms with Gasteiger partial charge in [-0.2, -0.15) is 18.2 Å². The van der Waals surface area contributed by atoms with Crippen molar-refractivity contribution in [2.45, 2.75) is 56.2 Å². The van der Waals surface area contributed by atoms with Crippen LogP contribution in [-0.2, 0) is 20.7 Å². The minimum atomic E-state index is -4.98. The number of nitrogens with two attached hydrogens (primary N) is 1. The molecule has 0 unspecified atom stereocenters. The standard InChI is InChI=1S/C25H33ClF3N7O3/c26-17-3-1-16(2-4-17)11-19-15-38-21(13-34-8-7-20(12-34)39-22(37)25(27,28)29)14-36(19)18-5-9-35(10-6-18)24-31-23(30)32-33-24/h1-4,18-21H,5-15H2,(H3,30,31,32,33)/t19-,20+,21-/m0/s1. The van der Waals surface area contributed by atoms with Gasteiger partial charge in [0.25, 0.3) is 0 Å².